The van der Waals surface area contributed by atoms with Crippen LogP contribution in [0.2, 0.25) is 0 Å². The number of fused-ring (bicyclic) bond motifs is 1. The first-order valence-electron chi connectivity index (χ1n) is 11.7. The summed E-state index contributed by atoms with van der Waals surface area (Å²) in [7, 11) is 0. The highest BCUT2D eigenvalue weighted by atomic mass is 19.1. The number of halogens is 1. The minimum absolute atomic E-state index is 0.107. The van der Waals surface area contributed by atoms with Gasteiger partial charge in [-0.05, 0) is 68.2 Å². The van der Waals surface area contributed by atoms with Gasteiger partial charge < -0.3 is 10.2 Å². The van der Waals surface area contributed by atoms with Gasteiger partial charge in [0.25, 0.3) is 11.8 Å². The zero-order chi connectivity index (χ0) is 25.9. The summed E-state index contributed by atoms with van der Waals surface area (Å²) in [5.41, 5.74) is 3.03. The molecule has 0 radical (unpaired) electrons. The highest BCUT2D eigenvalue weighted by Gasteiger charge is 2.32. The Labute approximate surface area is 212 Å². The number of nitriles is 1. The SMILES string of the molecule is CC#CC(=O)N1CCCC1c1cc(-c2ccc(C(=O)Nc3cc(C#N)ccn3)cc2F)n2cnccc12. The van der Waals surface area contributed by atoms with Gasteiger partial charge in [-0.2, -0.15) is 5.26 Å². The average molecular weight is 493 g/mol. The van der Waals surface area contributed by atoms with E-state index in [1.807, 2.05) is 18.2 Å². The molecule has 8 nitrogen and oxygen atoms in total. The van der Waals surface area contributed by atoms with Gasteiger partial charge in [-0.1, -0.05) is 5.92 Å². The molecule has 37 heavy (non-hydrogen) atoms. The molecule has 0 bridgehead atoms. The van der Waals surface area contributed by atoms with Gasteiger partial charge in [-0.15, -0.1) is 0 Å². The van der Waals surface area contributed by atoms with Gasteiger partial charge in [0.05, 0.1) is 35.2 Å². The van der Waals surface area contributed by atoms with Gasteiger partial charge in [-0.3, -0.25) is 14.0 Å². The number of benzene rings is 1. The third kappa shape index (κ3) is 4.51. The number of carbonyl (C=O) groups is 2. The van der Waals surface area contributed by atoms with E-state index in [0.717, 1.165) is 30.0 Å². The van der Waals surface area contributed by atoms with Crippen LogP contribution < -0.4 is 5.32 Å². The molecule has 1 saturated heterocycles. The molecule has 2 amide bonds. The molecule has 4 aromatic rings. The Bertz CT molecular complexity index is 1640. The Balaban J connectivity index is 1.49. The van der Waals surface area contributed by atoms with Crippen molar-refractivity contribution in [2.24, 2.45) is 0 Å². The lowest BCUT2D eigenvalue weighted by Crippen LogP contribution is -2.29. The number of pyridine rings is 1. The Morgan fingerprint density at radius 2 is 2.03 bits per heavy atom. The second-order valence-corrected chi connectivity index (χ2v) is 8.54. The van der Waals surface area contributed by atoms with Crippen LogP contribution >= 0.6 is 0 Å². The maximum absolute atomic E-state index is 15.4. The van der Waals surface area contributed by atoms with Crippen molar-refractivity contribution in [2.75, 3.05) is 11.9 Å². The first-order chi connectivity index (χ1) is 18.0. The number of rotatable bonds is 4. The highest BCUT2D eigenvalue weighted by Crippen LogP contribution is 2.38. The number of likely N-dealkylation sites (tertiary alicyclic amines) is 1. The fourth-order valence-corrected chi connectivity index (χ4v) is 4.69. The van der Waals surface area contributed by atoms with E-state index >= 15 is 4.39 Å². The second kappa shape index (κ2) is 9.92. The summed E-state index contributed by atoms with van der Waals surface area (Å²) >= 11 is 0. The topological polar surface area (TPSA) is 103 Å². The number of amides is 2. The third-order valence-corrected chi connectivity index (χ3v) is 6.35. The van der Waals surface area contributed by atoms with E-state index in [2.05, 4.69) is 27.1 Å². The Morgan fingerprint density at radius 3 is 2.81 bits per heavy atom. The third-order valence-electron chi connectivity index (χ3n) is 6.35. The molecule has 9 heteroatoms. The number of anilines is 1. The second-order valence-electron chi connectivity index (χ2n) is 8.54. The summed E-state index contributed by atoms with van der Waals surface area (Å²) in [4.78, 5) is 35.3. The van der Waals surface area contributed by atoms with Crippen molar-refractivity contribution in [1.29, 1.82) is 5.26 Å². The number of nitrogens with one attached hydrogen (secondary N) is 1. The van der Waals surface area contributed by atoms with Crippen molar-refractivity contribution in [3.8, 4) is 29.2 Å². The molecule has 4 heterocycles. The molecule has 0 aliphatic carbocycles. The Hall–Kier alpha value is -5.02. The normalized spacial score (nSPS) is 14.6. The lowest BCUT2D eigenvalue weighted by molar-refractivity contribution is -0.125. The zero-order valence-corrected chi connectivity index (χ0v) is 19.9. The van der Waals surface area contributed by atoms with Crippen molar-refractivity contribution in [3.63, 3.8) is 0 Å². The molecule has 0 saturated carbocycles. The Morgan fingerprint density at radius 1 is 1.16 bits per heavy atom. The number of nitrogens with zero attached hydrogens (tertiary/aromatic N) is 5. The van der Waals surface area contributed by atoms with Crippen LogP contribution in [0.3, 0.4) is 0 Å². The van der Waals surface area contributed by atoms with Crippen molar-refractivity contribution >= 4 is 23.1 Å². The van der Waals surface area contributed by atoms with Crippen molar-refractivity contribution < 1.29 is 14.0 Å². The largest absolute Gasteiger partial charge is 0.325 e. The summed E-state index contributed by atoms with van der Waals surface area (Å²) in [6.45, 7) is 2.24. The number of hydrogen-bond acceptors (Lipinski definition) is 5. The maximum atomic E-state index is 15.4. The summed E-state index contributed by atoms with van der Waals surface area (Å²) < 4.78 is 17.2. The smallest absolute Gasteiger partial charge is 0.298 e. The fourth-order valence-electron chi connectivity index (χ4n) is 4.69. The van der Waals surface area contributed by atoms with Crippen molar-refractivity contribution in [3.05, 3.63) is 83.7 Å². The van der Waals surface area contributed by atoms with Crippen LogP contribution in [-0.2, 0) is 4.79 Å². The maximum Gasteiger partial charge on any atom is 0.298 e. The summed E-state index contributed by atoms with van der Waals surface area (Å²) in [6, 6.07) is 12.7. The van der Waals surface area contributed by atoms with Gasteiger partial charge in [0.1, 0.15) is 11.6 Å². The molecule has 1 unspecified atom stereocenters. The van der Waals surface area contributed by atoms with Crippen LogP contribution in [0.5, 0.6) is 0 Å². The van der Waals surface area contributed by atoms with Gasteiger partial charge in [-0.25, -0.2) is 14.4 Å². The first kappa shape index (κ1) is 23.7. The van der Waals surface area contributed by atoms with Crippen molar-refractivity contribution in [1.82, 2.24) is 19.3 Å². The molecular formula is C28H21FN6O2. The van der Waals surface area contributed by atoms with E-state index in [0.29, 0.717) is 23.4 Å². The number of carbonyl (C=O) groups excluding carboxylic acids is 2. The molecule has 1 atom stereocenters. The summed E-state index contributed by atoms with van der Waals surface area (Å²) in [6.07, 6.45) is 6.31. The predicted molar refractivity (Wildman–Crippen MR) is 135 cm³/mol. The van der Waals surface area contributed by atoms with Crippen LogP contribution in [0, 0.1) is 29.0 Å². The average Bonchev–Trinajstić information content (AvgIpc) is 3.54. The molecule has 182 valence electrons. The molecule has 0 spiro atoms. The van der Waals surface area contributed by atoms with E-state index in [1.54, 1.807) is 34.8 Å². The van der Waals surface area contributed by atoms with Crippen LogP contribution in [0.1, 0.15) is 47.3 Å². The quantitative estimate of drug-likeness (QED) is 0.427. The molecule has 5 rings (SSSR count). The van der Waals surface area contributed by atoms with Gasteiger partial charge in [0.15, 0.2) is 0 Å². The predicted octanol–water partition coefficient (Wildman–Crippen LogP) is 4.35. The molecule has 1 aromatic carbocycles. The fraction of sp³-hybridized carbons (Fsp3) is 0.179. The van der Waals surface area contributed by atoms with Crippen LogP contribution in [0.4, 0.5) is 10.2 Å². The molecule has 1 aliphatic rings. The van der Waals surface area contributed by atoms with Crippen LogP contribution in [-0.4, -0.2) is 37.6 Å². The molecule has 1 N–H and O–H groups in total. The zero-order valence-electron chi connectivity index (χ0n) is 19.9. The minimum atomic E-state index is -0.586. The van der Waals surface area contributed by atoms with E-state index < -0.39 is 11.7 Å². The van der Waals surface area contributed by atoms with Crippen molar-refractivity contribution in [2.45, 2.75) is 25.8 Å². The standard InChI is InChI=1S/C28H21FN6O2/c1-2-4-27(36)34-12-3-5-23(34)21-15-25(35-17-31-10-9-24(21)35)20-7-6-19(14-22(20)29)28(37)33-26-13-18(16-30)8-11-32-26/h6-11,13-15,17,23H,3,5,12H2,1H3,(H,32,33,37). The van der Waals surface area contributed by atoms with Gasteiger partial charge in [0, 0.05) is 35.6 Å². The lowest BCUT2D eigenvalue weighted by Gasteiger charge is -2.22. The highest BCUT2D eigenvalue weighted by molar-refractivity contribution is 6.04. The van der Waals surface area contributed by atoms with Crippen LogP contribution in [0.25, 0.3) is 16.8 Å². The lowest BCUT2D eigenvalue weighted by atomic mass is 10.0. The Kier molecular flexibility index (Phi) is 6.36. The molecule has 3 aromatic heterocycles. The number of hydrogen-bond donors (Lipinski definition) is 1. The van der Waals surface area contributed by atoms with E-state index in [4.69, 9.17) is 5.26 Å². The van der Waals surface area contributed by atoms with E-state index in [9.17, 15) is 9.59 Å². The summed E-state index contributed by atoms with van der Waals surface area (Å²) in [5.74, 6) is 4.13. The molecule has 1 fully saturated rings. The van der Waals surface area contributed by atoms with Gasteiger partial charge in [0.2, 0.25) is 0 Å². The monoisotopic (exact) mass is 492 g/mol. The van der Waals surface area contributed by atoms with E-state index in [-0.39, 0.29) is 23.3 Å². The first-order valence-corrected chi connectivity index (χ1v) is 11.7. The van der Waals surface area contributed by atoms with E-state index in [1.165, 1.54) is 24.4 Å². The minimum Gasteiger partial charge on any atom is -0.325 e. The van der Waals surface area contributed by atoms with Gasteiger partial charge >= 0.3 is 0 Å². The van der Waals surface area contributed by atoms with Crippen LogP contribution in [0.15, 0.2) is 61.2 Å². The molecular weight excluding hydrogens is 471 g/mol. The molecule has 1 aliphatic heterocycles. The summed E-state index contributed by atoms with van der Waals surface area (Å²) in [5, 5.41) is 11.6. The number of aromatic nitrogens is 3.